The van der Waals surface area contributed by atoms with Gasteiger partial charge in [0.1, 0.15) is 0 Å². The molecule has 0 aliphatic carbocycles. The van der Waals surface area contributed by atoms with Gasteiger partial charge in [-0.25, -0.2) is 0 Å². The summed E-state index contributed by atoms with van der Waals surface area (Å²) in [7, 11) is -2.00. The van der Waals surface area contributed by atoms with Gasteiger partial charge in [-0.2, -0.15) is 0 Å². The molecule has 0 bridgehead atoms. The maximum Gasteiger partial charge on any atom is 0.0694 e. The van der Waals surface area contributed by atoms with Crippen molar-refractivity contribution in [3.8, 4) is 0 Å². The van der Waals surface area contributed by atoms with Crippen LogP contribution in [0.1, 0.15) is 20.8 Å². The van der Waals surface area contributed by atoms with E-state index in [1.54, 1.807) is 0 Å². The third-order valence-electron chi connectivity index (χ3n) is 1.30. The fourth-order valence-corrected chi connectivity index (χ4v) is 3.01. The maximum atomic E-state index is 11.6. The van der Waals surface area contributed by atoms with Gasteiger partial charge in [0, 0.05) is 4.75 Å². The van der Waals surface area contributed by atoms with Gasteiger partial charge < -0.3 is 0 Å². The van der Waals surface area contributed by atoms with Crippen LogP contribution in [-0.2, 0) is 10.8 Å². The molecule has 3 heteroatoms. The Morgan fingerprint density at radius 2 is 1.58 bits per heavy atom. The molecule has 12 heavy (non-hydrogen) atoms. The minimum atomic E-state index is -1.17. The third kappa shape index (κ3) is 5.72. The zero-order valence-corrected chi connectivity index (χ0v) is 10.8. The molecule has 0 spiro atoms. The average Bonchev–Trinajstić information content (AvgIpc) is 1.78. The molecule has 0 aromatic carbocycles. The lowest BCUT2D eigenvalue weighted by atomic mass is 10.3. The van der Waals surface area contributed by atoms with Crippen molar-refractivity contribution in [2.24, 2.45) is 0 Å². The van der Waals surface area contributed by atoms with Gasteiger partial charge in [0.25, 0.3) is 0 Å². The summed E-state index contributed by atoms with van der Waals surface area (Å²) in [6.07, 6.45) is 0. The van der Waals surface area contributed by atoms with Crippen LogP contribution < -0.4 is 0 Å². The molecule has 0 N–H and O–H groups in total. The highest BCUT2D eigenvalue weighted by Gasteiger charge is 2.17. The second kappa shape index (κ2) is 3.88. The second-order valence-corrected chi connectivity index (χ2v) is 12.2. The van der Waals surface area contributed by atoms with Crippen molar-refractivity contribution in [3.63, 3.8) is 0 Å². The topological polar surface area (TPSA) is 17.1 Å². The molecule has 0 fully saturated rings. The summed E-state index contributed by atoms with van der Waals surface area (Å²) in [5, 5.41) is 1.87. The molecule has 72 valence electrons. The highest BCUT2D eigenvalue weighted by atomic mass is 32.2. The largest absolute Gasteiger partial charge is 0.254 e. The van der Waals surface area contributed by atoms with E-state index in [9.17, 15) is 4.21 Å². The number of hydrogen-bond acceptors (Lipinski definition) is 1. The van der Waals surface area contributed by atoms with E-state index in [4.69, 9.17) is 0 Å². The Hall–Kier alpha value is 0.107. The summed E-state index contributed by atoms with van der Waals surface area (Å²) in [5.74, 6) is 0. The normalized spacial score (nSPS) is 16.8. The van der Waals surface area contributed by atoms with Crippen molar-refractivity contribution in [1.29, 1.82) is 0 Å². The van der Waals surface area contributed by atoms with Gasteiger partial charge >= 0.3 is 0 Å². The van der Waals surface area contributed by atoms with Crippen molar-refractivity contribution in [2.75, 3.05) is 0 Å². The molecule has 0 saturated heterocycles. The zero-order chi connectivity index (χ0) is 9.99. The fraction of sp³-hybridized carbons (Fsp3) is 0.778. The summed E-state index contributed by atoms with van der Waals surface area (Å²) in [5.41, 5.74) is 2.15. The Balaban J connectivity index is 4.30. The standard InChI is InChI=1S/C9H20OSSi/c1-9(2,3)11(10)7-8-12(4,5)6/h7-8H,1-6H3/b8-7+/t11-/m1/s1. The molecule has 0 rings (SSSR count). The summed E-state index contributed by atoms with van der Waals surface area (Å²) in [6, 6.07) is 0. The lowest BCUT2D eigenvalue weighted by Gasteiger charge is -2.15. The van der Waals surface area contributed by atoms with E-state index in [-0.39, 0.29) is 4.75 Å². The Labute approximate surface area is 79.7 Å². The quantitative estimate of drug-likeness (QED) is 0.632. The van der Waals surface area contributed by atoms with Gasteiger partial charge in [0.05, 0.1) is 18.9 Å². The Kier molecular flexibility index (Phi) is 3.91. The lowest BCUT2D eigenvalue weighted by Crippen LogP contribution is -2.22. The van der Waals surface area contributed by atoms with Crippen LogP contribution in [0.5, 0.6) is 0 Å². The molecule has 0 radical (unpaired) electrons. The van der Waals surface area contributed by atoms with E-state index in [2.05, 4.69) is 25.3 Å². The highest BCUT2D eigenvalue weighted by molar-refractivity contribution is 7.89. The Bertz CT molecular complexity index is 196. The minimum absolute atomic E-state index is 0.115. The van der Waals surface area contributed by atoms with Crippen molar-refractivity contribution >= 4 is 18.9 Å². The Morgan fingerprint density at radius 1 is 1.17 bits per heavy atom. The summed E-state index contributed by atoms with van der Waals surface area (Å²) in [6.45, 7) is 12.7. The van der Waals surface area contributed by atoms with Crippen LogP contribution >= 0.6 is 0 Å². The number of hydrogen-bond donors (Lipinski definition) is 0. The van der Waals surface area contributed by atoms with E-state index in [0.717, 1.165) is 0 Å². The summed E-state index contributed by atoms with van der Waals surface area (Å²) >= 11 is 0. The average molecular weight is 204 g/mol. The molecule has 0 unspecified atom stereocenters. The maximum absolute atomic E-state index is 11.6. The molecule has 1 atom stereocenters. The minimum Gasteiger partial charge on any atom is -0.254 e. The first-order valence-corrected chi connectivity index (χ1v) is 9.02. The Morgan fingerprint density at radius 3 is 1.83 bits per heavy atom. The van der Waals surface area contributed by atoms with Crippen molar-refractivity contribution in [1.82, 2.24) is 0 Å². The molecule has 0 aromatic rings. The molecule has 0 aliphatic heterocycles. The van der Waals surface area contributed by atoms with Crippen molar-refractivity contribution in [2.45, 2.75) is 45.2 Å². The summed E-state index contributed by atoms with van der Waals surface area (Å²) in [4.78, 5) is 0. The van der Waals surface area contributed by atoms with E-state index in [0.29, 0.717) is 0 Å². The first-order chi connectivity index (χ1) is 5.13. The molecule has 0 aromatic heterocycles. The van der Waals surface area contributed by atoms with Crippen LogP contribution in [0.2, 0.25) is 19.6 Å². The molecule has 1 nitrogen and oxygen atoms in total. The predicted molar refractivity (Wildman–Crippen MR) is 60.4 cm³/mol. The van der Waals surface area contributed by atoms with E-state index in [1.165, 1.54) is 0 Å². The fourth-order valence-electron chi connectivity index (χ4n) is 0.470. The molecule has 0 aliphatic rings. The van der Waals surface area contributed by atoms with E-state index < -0.39 is 18.9 Å². The van der Waals surface area contributed by atoms with Gasteiger partial charge in [-0.15, -0.1) is 0 Å². The van der Waals surface area contributed by atoms with Crippen LogP contribution in [0, 0.1) is 0 Å². The highest BCUT2D eigenvalue weighted by Crippen LogP contribution is 2.13. The molecular weight excluding hydrogens is 184 g/mol. The predicted octanol–water partition coefficient (Wildman–Crippen LogP) is 2.92. The summed E-state index contributed by atoms with van der Waals surface area (Å²) < 4.78 is 11.4. The van der Waals surface area contributed by atoms with Crippen LogP contribution in [0.15, 0.2) is 11.1 Å². The first-order valence-electron chi connectivity index (χ1n) is 4.23. The second-order valence-electron chi connectivity index (χ2n) is 5.08. The monoisotopic (exact) mass is 204 g/mol. The van der Waals surface area contributed by atoms with Crippen molar-refractivity contribution in [3.05, 3.63) is 11.1 Å². The SMILES string of the molecule is CC(C)(C)[S@](=O)/C=C/[Si](C)(C)C. The third-order valence-corrected chi connectivity index (χ3v) is 4.29. The zero-order valence-electron chi connectivity index (χ0n) is 8.97. The van der Waals surface area contributed by atoms with Crippen LogP contribution in [0.4, 0.5) is 0 Å². The number of rotatable bonds is 2. The molecule has 0 amide bonds. The lowest BCUT2D eigenvalue weighted by molar-refractivity contribution is 0.656. The van der Waals surface area contributed by atoms with Crippen molar-refractivity contribution < 1.29 is 4.21 Å². The van der Waals surface area contributed by atoms with Gasteiger partial charge in [-0.3, -0.25) is 4.21 Å². The van der Waals surface area contributed by atoms with E-state index >= 15 is 0 Å². The first kappa shape index (κ1) is 12.1. The molecular formula is C9H20OSSi. The van der Waals surface area contributed by atoms with Gasteiger partial charge in [0.15, 0.2) is 0 Å². The van der Waals surface area contributed by atoms with Gasteiger partial charge in [0.2, 0.25) is 0 Å². The van der Waals surface area contributed by atoms with Crippen LogP contribution in [0.3, 0.4) is 0 Å². The van der Waals surface area contributed by atoms with Gasteiger partial charge in [-0.1, -0.05) is 25.3 Å². The van der Waals surface area contributed by atoms with Crippen LogP contribution in [0.25, 0.3) is 0 Å². The molecule has 0 heterocycles. The molecule has 0 saturated carbocycles. The van der Waals surface area contributed by atoms with E-state index in [1.807, 2.05) is 26.2 Å². The van der Waals surface area contributed by atoms with Gasteiger partial charge in [-0.05, 0) is 26.2 Å². The van der Waals surface area contributed by atoms with Crippen LogP contribution in [-0.4, -0.2) is 17.0 Å². The smallest absolute Gasteiger partial charge is 0.0694 e.